The van der Waals surface area contributed by atoms with Crippen molar-refractivity contribution in [2.45, 2.75) is 44.8 Å². The standard InChI is InChI=1S/C22H30N4O3/c1-17-5-4-10-24(13-17)14-20(27)25-11-8-22(29,9-12-25)15-26-16-23-19-7-3-2-6-18(19)21(26)28/h2-3,6-7,16-17,29H,4-5,8-15H2,1H3. The summed E-state index contributed by atoms with van der Waals surface area (Å²) in [4.78, 5) is 33.8. The van der Waals surface area contributed by atoms with E-state index >= 15 is 0 Å². The number of nitrogens with zero attached hydrogens (tertiary/aromatic N) is 4. The van der Waals surface area contributed by atoms with Crippen LogP contribution in [0.1, 0.15) is 32.6 Å². The molecule has 2 saturated heterocycles. The van der Waals surface area contributed by atoms with Gasteiger partial charge in [0.15, 0.2) is 0 Å². The maximum absolute atomic E-state index is 12.7. The number of amides is 1. The lowest BCUT2D eigenvalue weighted by atomic mass is 9.91. The van der Waals surface area contributed by atoms with Crippen molar-refractivity contribution >= 4 is 16.8 Å². The topological polar surface area (TPSA) is 78.7 Å². The molecule has 2 aliphatic rings. The zero-order chi connectivity index (χ0) is 20.4. The second kappa shape index (κ2) is 8.24. The molecule has 1 atom stereocenters. The molecule has 0 saturated carbocycles. The smallest absolute Gasteiger partial charge is 0.261 e. The van der Waals surface area contributed by atoms with Gasteiger partial charge < -0.3 is 10.0 Å². The second-order valence-corrected chi connectivity index (χ2v) is 8.78. The number of rotatable bonds is 4. The Morgan fingerprint density at radius 1 is 1.24 bits per heavy atom. The Bertz CT molecular complexity index is 933. The minimum Gasteiger partial charge on any atom is -0.388 e. The van der Waals surface area contributed by atoms with Gasteiger partial charge in [0.25, 0.3) is 5.56 Å². The largest absolute Gasteiger partial charge is 0.388 e. The van der Waals surface area contributed by atoms with Crippen LogP contribution in [0.3, 0.4) is 0 Å². The van der Waals surface area contributed by atoms with Gasteiger partial charge >= 0.3 is 0 Å². The molecule has 1 aromatic carbocycles. The van der Waals surface area contributed by atoms with Gasteiger partial charge in [-0.1, -0.05) is 19.1 Å². The van der Waals surface area contributed by atoms with E-state index in [0.29, 0.717) is 49.3 Å². The van der Waals surface area contributed by atoms with E-state index in [4.69, 9.17) is 0 Å². The molecular formula is C22H30N4O3. The van der Waals surface area contributed by atoms with Crippen LogP contribution in [0.25, 0.3) is 10.9 Å². The highest BCUT2D eigenvalue weighted by Crippen LogP contribution is 2.24. The van der Waals surface area contributed by atoms with Crippen molar-refractivity contribution in [2.75, 3.05) is 32.7 Å². The SMILES string of the molecule is CC1CCCN(CC(=O)N2CCC(O)(Cn3cnc4ccccc4c3=O)CC2)C1. The maximum atomic E-state index is 12.7. The molecule has 1 amide bonds. The number of aliphatic hydroxyl groups is 1. The van der Waals surface area contributed by atoms with Crippen LogP contribution in [-0.4, -0.2) is 68.7 Å². The summed E-state index contributed by atoms with van der Waals surface area (Å²) in [5, 5.41) is 11.6. The number of likely N-dealkylation sites (tertiary alicyclic amines) is 2. The Hall–Kier alpha value is -2.25. The third-order valence-corrected chi connectivity index (χ3v) is 6.34. The van der Waals surface area contributed by atoms with Crippen LogP contribution in [-0.2, 0) is 11.3 Å². The summed E-state index contributed by atoms with van der Waals surface area (Å²) in [5.74, 6) is 0.794. The number of para-hydroxylation sites is 1. The monoisotopic (exact) mass is 398 g/mol. The molecule has 0 bridgehead atoms. The Morgan fingerprint density at radius 3 is 2.76 bits per heavy atom. The van der Waals surface area contributed by atoms with Crippen LogP contribution in [0, 0.1) is 5.92 Å². The summed E-state index contributed by atoms with van der Waals surface area (Å²) >= 11 is 0. The molecule has 0 spiro atoms. The number of benzene rings is 1. The summed E-state index contributed by atoms with van der Waals surface area (Å²) in [6, 6.07) is 7.23. The summed E-state index contributed by atoms with van der Waals surface area (Å²) in [5.41, 5.74) is -0.473. The first-order valence-electron chi connectivity index (χ1n) is 10.6. The van der Waals surface area contributed by atoms with Gasteiger partial charge in [-0.25, -0.2) is 4.98 Å². The first-order valence-corrected chi connectivity index (χ1v) is 10.6. The molecule has 3 heterocycles. The quantitative estimate of drug-likeness (QED) is 0.844. The van der Waals surface area contributed by atoms with E-state index in [9.17, 15) is 14.7 Å². The molecule has 7 nitrogen and oxygen atoms in total. The zero-order valence-electron chi connectivity index (χ0n) is 17.1. The van der Waals surface area contributed by atoms with Gasteiger partial charge in [0, 0.05) is 19.6 Å². The van der Waals surface area contributed by atoms with Crippen LogP contribution in [0.5, 0.6) is 0 Å². The van der Waals surface area contributed by atoms with Gasteiger partial charge in [-0.05, 0) is 50.3 Å². The van der Waals surface area contributed by atoms with Gasteiger partial charge in [-0.15, -0.1) is 0 Å². The lowest BCUT2D eigenvalue weighted by Gasteiger charge is -2.39. The van der Waals surface area contributed by atoms with E-state index in [2.05, 4.69) is 16.8 Å². The highest BCUT2D eigenvalue weighted by atomic mass is 16.3. The van der Waals surface area contributed by atoms with E-state index in [1.807, 2.05) is 23.1 Å². The van der Waals surface area contributed by atoms with E-state index in [1.165, 1.54) is 17.3 Å². The predicted molar refractivity (Wildman–Crippen MR) is 112 cm³/mol. The van der Waals surface area contributed by atoms with E-state index < -0.39 is 5.60 Å². The minimum absolute atomic E-state index is 0.137. The molecule has 2 fully saturated rings. The lowest BCUT2D eigenvalue weighted by Crippen LogP contribution is -2.52. The summed E-state index contributed by atoms with van der Waals surface area (Å²) in [7, 11) is 0. The third-order valence-electron chi connectivity index (χ3n) is 6.34. The van der Waals surface area contributed by atoms with Crippen LogP contribution >= 0.6 is 0 Å². The molecule has 29 heavy (non-hydrogen) atoms. The number of fused-ring (bicyclic) bond motifs is 1. The molecule has 156 valence electrons. The number of aromatic nitrogens is 2. The van der Waals surface area contributed by atoms with Crippen LogP contribution in [0.4, 0.5) is 0 Å². The van der Waals surface area contributed by atoms with Crippen molar-refractivity contribution in [3.8, 4) is 0 Å². The molecule has 1 unspecified atom stereocenters. The number of hydrogen-bond acceptors (Lipinski definition) is 5. The van der Waals surface area contributed by atoms with Crippen molar-refractivity contribution < 1.29 is 9.90 Å². The molecule has 0 radical (unpaired) electrons. The van der Waals surface area contributed by atoms with Crippen molar-refractivity contribution in [3.05, 3.63) is 40.9 Å². The summed E-state index contributed by atoms with van der Waals surface area (Å²) in [6.07, 6.45) is 4.84. The van der Waals surface area contributed by atoms with Crippen molar-refractivity contribution in [1.29, 1.82) is 0 Å². The maximum Gasteiger partial charge on any atom is 0.261 e. The van der Waals surface area contributed by atoms with Crippen molar-refractivity contribution in [3.63, 3.8) is 0 Å². The van der Waals surface area contributed by atoms with Gasteiger partial charge in [-0.2, -0.15) is 0 Å². The predicted octanol–water partition coefficient (Wildman–Crippen LogP) is 1.48. The lowest BCUT2D eigenvalue weighted by molar-refractivity contribution is -0.137. The number of hydrogen-bond donors (Lipinski definition) is 1. The molecule has 0 aliphatic carbocycles. The van der Waals surface area contributed by atoms with Gasteiger partial charge in [-0.3, -0.25) is 19.1 Å². The number of piperidine rings is 2. The second-order valence-electron chi connectivity index (χ2n) is 8.78. The Labute approximate surface area is 170 Å². The first kappa shape index (κ1) is 20.0. The molecule has 2 aliphatic heterocycles. The summed E-state index contributed by atoms with van der Waals surface area (Å²) < 4.78 is 1.49. The zero-order valence-corrected chi connectivity index (χ0v) is 17.1. The van der Waals surface area contributed by atoms with Crippen LogP contribution in [0.15, 0.2) is 35.4 Å². The fourth-order valence-electron chi connectivity index (χ4n) is 4.59. The van der Waals surface area contributed by atoms with Gasteiger partial charge in [0.2, 0.25) is 5.91 Å². The first-order chi connectivity index (χ1) is 13.9. The highest BCUT2D eigenvalue weighted by molar-refractivity contribution is 5.78. The summed E-state index contributed by atoms with van der Waals surface area (Å²) in [6.45, 7) is 5.93. The Balaban J connectivity index is 1.36. The van der Waals surface area contributed by atoms with E-state index in [0.717, 1.165) is 19.5 Å². The van der Waals surface area contributed by atoms with Crippen molar-refractivity contribution in [1.82, 2.24) is 19.4 Å². The minimum atomic E-state index is -0.996. The van der Waals surface area contributed by atoms with E-state index in [1.54, 1.807) is 6.07 Å². The fraction of sp³-hybridized carbons (Fsp3) is 0.591. The molecule has 2 aromatic rings. The normalized spacial score (nSPS) is 22.7. The van der Waals surface area contributed by atoms with Crippen molar-refractivity contribution in [2.24, 2.45) is 5.92 Å². The van der Waals surface area contributed by atoms with Gasteiger partial charge in [0.1, 0.15) is 0 Å². The highest BCUT2D eigenvalue weighted by Gasteiger charge is 2.35. The molecular weight excluding hydrogens is 368 g/mol. The van der Waals surface area contributed by atoms with E-state index in [-0.39, 0.29) is 18.0 Å². The molecule has 1 aromatic heterocycles. The number of carbonyl (C=O) groups is 1. The Morgan fingerprint density at radius 2 is 2.00 bits per heavy atom. The third kappa shape index (κ3) is 4.51. The van der Waals surface area contributed by atoms with Crippen LogP contribution < -0.4 is 5.56 Å². The average Bonchev–Trinajstić information content (AvgIpc) is 2.71. The Kier molecular flexibility index (Phi) is 5.69. The molecule has 7 heteroatoms. The molecule has 4 rings (SSSR count). The van der Waals surface area contributed by atoms with Gasteiger partial charge in [0.05, 0.1) is 35.9 Å². The molecule has 1 N–H and O–H groups in total. The fourth-order valence-corrected chi connectivity index (χ4v) is 4.59. The van der Waals surface area contributed by atoms with Crippen LogP contribution in [0.2, 0.25) is 0 Å². The average molecular weight is 399 g/mol. The number of carbonyl (C=O) groups excluding carboxylic acids is 1.